The van der Waals surface area contributed by atoms with E-state index in [0.29, 0.717) is 22.9 Å². The molecular weight excluding hydrogens is 471 g/mol. The topological polar surface area (TPSA) is 67.9 Å². The van der Waals surface area contributed by atoms with E-state index >= 15 is 0 Å². The molecule has 0 fully saturated rings. The summed E-state index contributed by atoms with van der Waals surface area (Å²) in [5.41, 5.74) is 0.903. The predicted molar refractivity (Wildman–Crippen MR) is 108 cm³/mol. The van der Waals surface area contributed by atoms with E-state index in [0.717, 1.165) is 8.47 Å². The molecule has 1 heterocycles. The van der Waals surface area contributed by atoms with Gasteiger partial charge in [0.25, 0.3) is 11.8 Å². The van der Waals surface area contributed by atoms with Crippen molar-refractivity contribution in [3.05, 3.63) is 56.8 Å². The molecule has 8 heteroatoms. The van der Waals surface area contributed by atoms with Crippen molar-refractivity contribution >= 4 is 57.4 Å². The third-order valence-electron chi connectivity index (χ3n) is 3.78. The number of ether oxygens (including phenoxy) is 2. The van der Waals surface area contributed by atoms with Crippen LogP contribution in [0.5, 0.6) is 11.5 Å². The summed E-state index contributed by atoms with van der Waals surface area (Å²) in [5, 5.41) is 2.72. The van der Waals surface area contributed by atoms with Crippen molar-refractivity contribution in [2.75, 3.05) is 24.4 Å². The van der Waals surface area contributed by atoms with Crippen LogP contribution >= 0.6 is 34.2 Å². The average Bonchev–Trinajstić information content (AvgIpc) is 2.86. The molecule has 1 aliphatic rings. The number of nitrogens with one attached hydrogen (secondary N) is 1. The number of halogens is 2. The van der Waals surface area contributed by atoms with E-state index in [4.69, 9.17) is 21.1 Å². The molecule has 0 atom stereocenters. The quantitative estimate of drug-likeness (QED) is 0.517. The molecule has 26 heavy (non-hydrogen) atoms. The Kier molecular flexibility index (Phi) is 5.38. The molecule has 0 spiro atoms. The molecule has 0 unspecified atom stereocenters. The van der Waals surface area contributed by atoms with E-state index in [1.807, 2.05) is 0 Å². The number of benzene rings is 2. The number of imide groups is 1. The molecule has 0 aromatic heterocycles. The van der Waals surface area contributed by atoms with Gasteiger partial charge >= 0.3 is 0 Å². The third kappa shape index (κ3) is 3.36. The lowest BCUT2D eigenvalue weighted by atomic mass is 10.2. The highest BCUT2D eigenvalue weighted by Gasteiger charge is 2.39. The van der Waals surface area contributed by atoms with Crippen molar-refractivity contribution in [3.63, 3.8) is 0 Å². The second-order valence-electron chi connectivity index (χ2n) is 5.30. The van der Waals surface area contributed by atoms with Crippen LogP contribution in [-0.2, 0) is 9.59 Å². The van der Waals surface area contributed by atoms with Crippen LogP contribution in [0, 0.1) is 3.57 Å². The molecule has 0 bridgehead atoms. The minimum Gasteiger partial charge on any atom is -0.497 e. The monoisotopic (exact) mass is 484 g/mol. The maximum atomic E-state index is 12.8. The zero-order valence-electron chi connectivity index (χ0n) is 13.9. The molecule has 6 nitrogen and oxygen atoms in total. The van der Waals surface area contributed by atoms with Crippen molar-refractivity contribution in [1.82, 2.24) is 0 Å². The summed E-state index contributed by atoms with van der Waals surface area (Å²) in [6.45, 7) is 0. The lowest BCUT2D eigenvalue weighted by molar-refractivity contribution is -0.120. The van der Waals surface area contributed by atoms with Gasteiger partial charge < -0.3 is 14.8 Å². The second kappa shape index (κ2) is 7.55. The van der Waals surface area contributed by atoms with Gasteiger partial charge in [0, 0.05) is 9.64 Å². The number of hydrogen-bond donors (Lipinski definition) is 1. The molecule has 134 valence electrons. The first-order valence-electron chi connectivity index (χ1n) is 7.49. The molecule has 0 radical (unpaired) electrons. The van der Waals surface area contributed by atoms with Gasteiger partial charge in [0.15, 0.2) is 0 Å². The molecule has 2 aromatic rings. The molecular formula is C18H14ClIN2O4. The lowest BCUT2D eigenvalue weighted by Crippen LogP contribution is -2.32. The van der Waals surface area contributed by atoms with Crippen LogP contribution in [0.3, 0.4) is 0 Å². The summed E-state index contributed by atoms with van der Waals surface area (Å²) in [5.74, 6) is -0.0691. The van der Waals surface area contributed by atoms with Crippen LogP contribution in [0.25, 0.3) is 0 Å². The number of nitrogens with zero attached hydrogens (tertiary/aromatic N) is 1. The van der Waals surface area contributed by atoms with E-state index in [-0.39, 0.29) is 10.7 Å². The number of hydrogen-bond acceptors (Lipinski definition) is 5. The Morgan fingerprint density at radius 1 is 1.00 bits per heavy atom. The molecule has 1 aliphatic heterocycles. The van der Waals surface area contributed by atoms with Crippen LogP contribution < -0.4 is 19.7 Å². The van der Waals surface area contributed by atoms with Crippen LogP contribution in [0.1, 0.15) is 0 Å². The van der Waals surface area contributed by atoms with Crippen molar-refractivity contribution in [3.8, 4) is 11.5 Å². The van der Waals surface area contributed by atoms with Crippen LogP contribution in [-0.4, -0.2) is 26.0 Å². The van der Waals surface area contributed by atoms with Gasteiger partial charge in [-0.3, -0.25) is 9.59 Å². The predicted octanol–water partition coefficient (Wildman–Crippen LogP) is 3.74. The van der Waals surface area contributed by atoms with Gasteiger partial charge in [-0.1, -0.05) is 11.6 Å². The Bertz CT molecular complexity index is 912. The molecule has 3 rings (SSSR count). The van der Waals surface area contributed by atoms with Crippen LogP contribution in [0.15, 0.2) is 53.2 Å². The number of carbonyl (C=O) groups is 2. The first kappa shape index (κ1) is 18.5. The normalized spacial score (nSPS) is 14.1. The number of anilines is 2. The van der Waals surface area contributed by atoms with Gasteiger partial charge in [0.05, 0.1) is 25.6 Å². The zero-order valence-corrected chi connectivity index (χ0v) is 16.8. The highest BCUT2D eigenvalue weighted by atomic mass is 127. The fourth-order valence-electron chi connectivity index (χ4n) is 2.48. The maximum Gasteiger partial charge on any atom is 0.283 e. The van der Waals surface area contributed by atoms with Crippen LogP contribution in [0.2, 0.25) is 0 Å². The van der Waals surface area contributed by atoms with Gasteiger partial charge in [-0.15, -0.1) is 0 Å². The average molecular weight is 485 g/mol. The Morgan fingerprint density at radius 3 is 2.31 bits per heavy atom. The number of amides is 2. The highest BCUT2D eigenvalue weighted by Crippen LogP contribution is 2.34. The SMILES string of the molecule is COc1ccc(OC)c(NC2=C(Cl)C(=O)N(c3ccc(I)cc3)C2=O)c1. The number of rotatable bonds is 5. The highest BCUT2D eigenvalue weighted by molar-refractivity contribution is 14.1. The molecule has 0 saturated heterocycles. The Morgan fingerprint density at radius 2 is 1.69 bits per heavy atom. The standard InChI is InChI=1S/C18H14ClIN2O4/c1-25-12-7-8-14(26-2)13(9-12)21-16-15(19)17(23)22(18(16)24)11-5-3-10(20)4-6-11/h3-9,21H,1-2H3. The second-order valence-corrected chi connectivity index (χ2v) is 6.93. The first-order chi connectivity index (χ1) is 12.5. The molecule has 0 saturated carbocycles. The van der Waals surface area contributed by atoms with Gasteiger partial charge in [-0.25, -0.2) is 4.90 Å². The maximum absolute atomic E-state index is 12.8. The summed E-state index contributed by atoms with van der Waals surface area (Å²) in [4.78, 5) is 26.3. The van der Waals surface area contributed by atoms with Crippen molar-refractivity contribution in [1.29, 1.82) is 0 Å². The van der Waals surface area contributed by atoms with Crippen molar-refractivity contribution < 1.29 is 19.1 Å². The summed E-state index contributed by atoms with van der Waals surface area (Å²) in [6, 6.07) is 12.1. The zero-order chi connectivity index (χ0) is 18.8. The molecule has 0 aliphatic carbocycles. The number of carbonyl (C=O) groups excluding carboxylic acids is 2. The fraction of sp³-hybridized carbons (Fsp3) is 0.111. The smallest absolute Gasteiger partial charge is 0.283 e. The minimum absolute atomic E-state index is 0.0123. The largest absolute Gasteiger partial charge is 0.497 e. The lowest BCUT2D eigenvalue weighted by Gasteiger charge is -2.16. The van der Waals surface area contributed by atoms with E-state index < -0.39 is 11.8 Å². The minimum atomic E-state index is -0.581. The van der Waals surface area contributed by atoms with Crippen LogP contribution in [0.4, 0.5) is 11.4 Å². The van der Waals surface area contributed by atoms with E-state index in [1.165, 1.54) is 14.2 Å². The number of methoxy groups -OCH3 is 2. The van der Waals surface area contributed by atoms with Gasteiger partial charge in [0.2, 0.25) is 0 Å². The van der Waals surface area contributed by atoms with E-state index in [2.05, 4.69) is 27.9 Å². The Hall–Kier alpha value is -2.26. The summed E-state index contributed by atoms with van der Waals surface area (Å²) in [6.07, 6.45) is 0. The van der Waals surface area contributed by atoms with Gasteiger partial charge in [-0.2, -0.15) is 0 Å². The van der Waals surface area contributed by atoms with Crippen molar-refractivity contribution in [2.24, 2.45) is 0 Å². The van der Waals surface area contributed by atoms with Crippen molar-refractivity contribution in [2.45, 2.75) is 0 Å². The Balaban J connectivity index is 1.95. The van der Waals surface area contributed by atoms with Gasteiger partial charge in [0.1, 0.15) is 22.2 Å². The summed E-state index contributed by atoms with van der Waals surface area (Å²) in [7, 11) is 3.03. The summed E-state index contributed by atoms with van der Waals surface area (Å²) >= 11 is 8.29. The molecule has 2 amide bonds. The third-order valence-corrected chi connectivity index (χ3v) is 4.85. The molecule has 2 aromatic carbocycles. The first-order valence-corrected chi connectivity index (χ1v) is 8.95. The van der Waals surface area contributed by atoms with E-state index in [1.54, 1.807) is 42.5 Å². The summed E-state index contributed by atoms with van der Waals surface area (Å²) < 4.78 is 11.5. The fourth-order valence-corrected chi connectivity index (χ4v) is 3.05. The molecule has 1 N–H and O–H groups in total. The van der Waals surface area contributed by atoms with Gasteiger partial charge in [-0.05, 0) is 59.0 Å². The van der Waals surface area contributed by atoms with E-state index in [9.17, 15) is 9.59 Å². The Labute approximate surface area is 168 Å².